The van der Waals surface area contributed by atoms with E-state index in [2.05, 4.69) is 4.90 Å². The summed E-state index contributed by atoms with van der Waals surface area (Å²) in [7, 11) is -0.409. The molecular weight excluding hydrogens is 295 g/mol. The first-order chi connectivity index (χ1) is 9.84. The number of rotatable bonds is 5. The van der Waals surface area contributed by atoms with E-state index in [1.54, 1.807) is 0 Å². The minimum Gasteiger partial charge on any atom is -0.392 e. The van der Waals surface area contributed by atoms with Gasteiger partial charge in [-0.3, -0.25) is 0 Å². The van der Waals surface area contributed by atoms with E-state index in [4.69, 9.17) is 5.11 Å². The number of halogens is 1. The van der Waals surface area contributed by atoms with E-state index in [9.17, 15) is 12.8 Å². The molecule has 0 spiro atoms. The van der Waals surface area contributed by atoms with Crippen molar-refractivity contribution in [1.82, 2.24) is 9.21 Å². The number of likely N-dealkylation sites (tertiary alicyclic amines) is 1. The van der Waals surface area contributed by atoms with Gasteiger partial charge < -0.3 is 10.0 Å². The second-order valence-corrected chi connectivity index (χ2v) is 7.64. The Morgan fingerprint density at radius 2 is 2.19 bits per heavy atom. The van der Waals surface area contributed by atoms with Gasteiger partial charge in [0.2, 0.25) is 10.0 Å². The summed E-state index contributed by atoms with van der Waals surface area (Å²) in [6.07, 6.45) is 0.940. The minimum absolute atomic E-state index is 0.263. The highest BCUT2D eigenvalue weighted by molar-refractivity contribution is 7.89. The van der Waals surface area contributed by atoms with Crippen LogP contribution in [0.3, 0.4) is 0 Å². The van der Waals surface area contributed by atoms with Gasteiger partial charge in [-0.15, -0.1) is 0 Å². The lowest BCUT2D eigenvalue weighted by Crippen LogP contribution is -2.33. The van der Waals surface area contributed by atoms with Gasteiger partial charge in [0.1, 0.15) is 10.7 Å². The average molecular weight is 316 g/mol. The quantitative estimate of drug-likeness (QED) is 0.876. The maximum Gasteiger partial charge on any atom is 0.245 e. The van der Waals surface area contributed by atoms with Crippen molar-refractivity contribution in [1.29, 1.82) is 0 Å². The zero-order valence-corrected chi connectivity index (χ0v) is 13.1. The molecule has 1 aromatic rings. The van der Waals surface area contributed by atoms with Crippen molar-refractivity contribution in [3.05, 3.63) is 29.6 Å². The van der Waals surface area contributed by atoms with E-state index < -0.39 is 15.8 Å². The number of nitrogens with zero attached hydrogens (tertiary/aromatic N) is 2. The molecule has 1 atom stereocenters. The third-order valence-electron chi connectivity index (χ3n) is 3.87. The largest absolute Gasteiger partial charge is 0.392 e. The van der Waals surface area contributed by atoms with Crippen molar-refractivity contribution in [3.8, 4) is 0 Å². The van der Waals surface area contributed by atoms with E-state index >= 15 is 0 Å². The van der Waals surface area contributed by atoms with E-state index in [1.807, 2.05) is 7.05 Å². The second kappa shape index (κ2) is 6.39. The molecule has 1 aliphatic rings. The summed E-state index contributed by atoms with van der Waals surface area (Å²) in [6.45, 7) is 1.85. The van der Waals surface area contributed by atoms with E-state index in [-0.39, 0.29) is 17.4 Å². The van der Waals surface area contributed by atoms with Gasteiger partial charge in [0.05, 0.1) is 6.61 Å². The third kappa shape index (κ3) is 3.60. The van der Waals surface area contributed by atoms with Crippen molar-refractivity contribution in [3.63, 3.8) is 0 Å². The van der Waals surface area contributed by atoms with E-state index in [1.165, 1.54) is 23.5 Å². The number of aliphatic hydroxyl groups is 1. The molecule has 1 fully saturated rings. The SMILES string of the molecule is CN1CCC(CN(C)S(=O)(=O)c2cc(CO)ccc2F)C1. The Morgan fingerprint density at radius 3 is 2.76 bits per heavy atom. The lowest BCUT2D eigenvalue weighted by Gasteiger charge is -2.21. The van der Waals surface area contributed by atoms with Crippen molar-refractivity contribution >= 4 is 10.0 Å². The standard InChI is InChI=1S/C14H21FN2O3S/c1-16-6-5-12(8-16)9-17(2)21(19,20)14-7-11(10-18)3-4-13(14)15/h3-4,7,12,18H,5-6,8-10H2,1-2H3. The highest BCUT2D eigenvalue weighted by atomic mass is 32.2. The predicted molar refractivity (Wildman–Crippen MR) is 77.7 cm³/mol. The Bertz CT molecular complexity index is 606. The smallest absolute Gasteiger partial charge is 0.245 e. The van der Waals surface area contributed by atoms with Gasteiger partial charge in [-0.1, -0.05) is 6.07 Å². The Balaban J connectivity index is 2.20. The topological polar surface area (TPSA) is 60.9 Å². The molecule has 7 heteroatoms. The molecule has 0 bridgehead atoms. The summed E-state index contributed by atoms with van der Waals surface area (Å²) < 4.78 is 40.0. The maximum absolute atomic E-state index is 13.8. The fourth-order valence-electron chi connectivity index (χ4n) is 2.65. The summed E-state index contributed by atoms with van der Waals surface area (Å²) in [5, 5.41) is 9.08. The van der Waals surface area contributed by atoms with Gasteiger partial charge in [-0.05, 0) is 43.6 Å². The van der Waals surface area contributed by atoms with Crippen LogP contribution in [0.5, 0.6) is 0 Å². The van der Waals surface area contributed by atoms with Crippen LogP contribution in [-0.2, 0) is 16.6 Å². The molecule has 1 unspecified atom stereocenters. The monoisotopic (exact) mass is 316 g/mol. The fourth-order valence-corrected chi connectivity index (χ4v) is 4.01. The first-order valence-electron chi connectivity index (χ1n) is 6.88. The molecule has 118 valence electrons. The first kappa shape index (κ1) is 16.4. The van der Waals surface area contributed by atoms with Crippen molar-refractivity contribution in [2.24, 2.45) is 5.92 Å². The normalized spacial score (nSPS) is 20.3. The Morgan fingerprint density at radius 1 is 1.48 bits per heavy atom. The molecule has 5 nitrogen and oxygen atoms in total. The van der Waals surface area contributed by atoms with Crippen molar-refractivity contribution < 1.29 is 17.9 Å². The highest BCUT2D eigenvalue weighted by Crippen LogP contribution is 2.23. The third-order valence-corrected chi connectivity index (χ3v) is 5.71. The molecule has 2 rings (SSSR count). The van der Waals surface area contributed by atoms with Crippen LogP contribution in [0, 0.1) is 11.7 Å². The van der Waals surface area contributed by atoms with Crippen LogP contribution >= 0.6 is 0 Å². The van der Waals surface area contributed by atoms with Crippen molar-refractivity contribution in [2.45, 2.75) is 17.9 Å². The van der Waals surface area contributed by atoms with Crippen LogP contribution in [0.4, 0.5) is 4.39 Å². The Labute approximate surface area is 125 Å². The summed E-state index contributed by atoms with van der Waals surface area (Å²) >= 11 is 0. The highest BCUT2D eigenvalue weighted by Gasteiger charge is 2.29. The van der Waals surface area contributed by atoms with E-state index in [0.717, 1.165) is 25.6 Å². The van der Waals surface area contributed by atoms with Gasteiger partial charge in [0.15, 0.2) is 0 Å². The average Bonchev–Trinajstić information content (AvgIpc) is 2.84. The summed E-state index contributed by atoms with van der Waals surface area (Å²) in [5.41, 5.74) is 0.379. The molecule has 0 radical (unpaired) electrons. The molecule has 1 aromatic carbocycles. The van der Waals surface area contributed by atoms with Crippen LogP contribution in [0.1, 0.15) is 12.0 Å². The van der Waals surface area contributed by atoms with Crippen LogP contribution in [0.15, 0.2) is 23.1 Å². The molecule has 0 saturated carbocycles. The lowest BCUT2D eigenvalue weighted by atomic mass is 10.1. The predicted octanol–water partition coefficient (Wildman–Crippen LogP) is 0.890. The molecule has 0 aliphatic carbocycles. The van der Waals surface area contributed by atoms with Crippen LogP contribution in [-0.4, -0.2) is 56.5 Å². The molecule has 1 N–H and O–H groups in total. The summed E-state index contributed by atoms with van der Waals surface area (Å²) in [4.78, 5) is 1.78. The van der Waals surface area contributed by atoms with Gasteiger partial charge in [-0.25, -0.2) is 17.1 Å². The van der Waals surface area contributed by atoms with Crippen LogP contribution < -0.4 is 0 Å². The van der Waals surface area contributed by atoms with Crippen LogP contribution in [0.25, 0.3) is 0 Å². The van der Waals surface area contributed by atoms with Gasteiger partial charge in [-0.2, -0.15) is 0 Å². The van der Waals surface area contributed by atoms with E-state index in [0.29, 0.717) is 12.1 Å². The van der Waals surface area contributed by atoms with Gasteiger partial charge in [0.25, 0.3) is 0 Å². The molecule has 1 saturated heterocycles. The number of aliphatic hydroxyl groups excluding tert-OH is 1. The van der Waals surface area contributed by atoms with Crippen molar-refractivity contribution in [2.75, 3.05) is 33.7 Å². The maximum atomic E-state index is 13.8. The number of hydrogen-bond donors (Lipinski definition) is 1. The summed E-state index contributed by atoms with van der Waals surface area (Å²) in [6, 6.07) is 3.65. The number of sulfonamides is 1. The zero-order valence-electron chi connectivity index (χ0n) is 12.3. The molecule has 21 heavy (non-hydrogen) atoms. The van der Waals surface area contributed by atoms with Gasteiger partial charge >= 0.3 is 0 Å². The molecule has 1 aliphatic heterocycles. The van der Waals surface area contributed by atoms with Gasteiger partial charge in [0, 0.05) is 20.1 Å². The number of benzene rings is 1. The second-order valence-electron chi connectivity index (χ2n) is 5.63. The molecule has 0 amide bonds. The molecule has 1 heterocycles. The fraction of sp³-hybridized carbons (Fsp3) is 0.571. The Hall–Kier alpha value is -1.02. The lowest BCUT2D eigenvalue weighted by molar-refractivity contribution is 0.281. The Kier molecular flexibility index (Phi) is 4.98. The summed E-state index contributed by atoms with van der Waals surface area (Å²) in [5.74, 6) is -0.526. The first-order valence-corrected chi connectivity index (χ1v) is 8.32. The minimum atomic E-state index is -3.88. The zero-order chi connectivity index (χ0) is 15.6. The molecular formula is C14H21FN2O3S. The number of hydrogen-bond acceptors (Lipinski definition) is 4. The molecule has 0 aromatic heterocycles. The van der Waals surface area contributed by atoms with Crippen LogP contribution in [0.2, 0.25) is 0 Å².